The van der Waals surface area contributed by atoms with Crippen molar-refractivity contribution < 1.29 is 10.0 Å². The maximum absolute atomic E-state index is 10.8. The molecule has 0 saturated carbocycles. The Morgan fingerprint density at radius 2 is 2.11 bits per heavy atom. The van der Waals surface area contributed by atoms with E-state index in [4.69, 9.17) is 5.11 Å². The number of benzene rings is 1. The predicted octanol–water partition coefficient (Wildman–Crippen LogP) is 2.15. The fraction of sp³-hybridized carbons (Fsp3) is 0.538. The first-order chi connectivity index (χ1) is 8.37. The van der Waals surface area contributed by atoms with E-state index in [1.54, 1.807) is 13.0 Å². The molecule has 0 spiro atoms. The van der Waals surface area contributed by atoms with Gasteiger partial charge in [-0.3, -0.25) is 10.1 Å². The van der Waals surface area contributed by atoms with Crippen LogP contribution in [0.2, 0.25) is 0 Å². The second-order valence-corrected chi connectivity index (χ2v) is 5.03. The average Bonchev–Trinajstić information content (AvgIpc) is 2.27. The Labute approximate surface area is 107 Å². The van der Waals surface area contributed by atoms with Gasteiger partial charge in [0, 0.05) is 30.3 Å². The van der Waals surface area contributed by atoms with Gasteiger partial charge in [0.1, 0.15) is 0 Å². The van der Waals surface area contributed by atoms with Gasteiger partial charge >= 0.3 is 0 Å². The van der Waals surface area contributed by atoms with Crippen LogP contribution < -0.4 is 5.32 Å². The molecule has 0 unspecified atom stereocenters. The van der Waals surface area contributed by atoms with Gasteiger partial charge < -0.3 is 10.4 Å². The Bertz CT molecular complexity index is 430. The molecule has 0 aliphatic heterocycles. The Morgan fingerprint density at radius 1 is 1.44 bits per heavy atom. The molecule has 0 aliphatic carbocycles. The molecule has 0 atom stereocenters. The van der Waals surface area contributed by atoms with Crippen LogP contribution >= 0.6 is 0 Å². The minimum atomic E-state index is -0.363. The highest BCUT2D eigenvalue weighted by atomic mass is 16.6. The van der Waals surface area contributed by atoms with Crippen LogP contribution in [0.15, 0.2) is 18.2 Å². The lowest BCUT2D eigenvalue weighted by Gasteiger charge is -2.25. The highest BCUT2D eigenvalue weighted by molar-refractivity contribution is 5.44. The van der Waals surface area contributed by atoms with Crippen molar-refractivity contribution in [1.82, 2.24) is 5.32 Å². The summed E-state index contributed by atoms with van der Waals surface area (Å²) in [6.07, 6.45) is 0.640. The van der Waals surface area contributed by atoms with Crippen molar-refractivity contribution in [2.75, 3.05) is 6.61 Å². The molecule has 0 bridgehead atoms. The summed E-state index contributed by atoms with van der Waals surface area (Å²) in [5, 5.41) is 23.1. The summed E-state index contributed by atoms with van der Waals surface area (Å²) >= 11 is 0. The molecule has 1 rings (SSSR count). The fourth-order valence-electron chi connectivity index (χ4n) is 1.76. The molecule has 5 heteroatoms. The van der Waals surface area contributed by atoms with Crippen LogP contribution in [0.1, 0.15) is 31.4 Å². The van der Waals surface area contributed by atoms with E-state index in [2.05, 4.69) is 5.32 Å². The molecule has 0 saturated heterocycles. The summed E-state index contributed by atoms with van der Waals surface area (Å²) in [6, 6.07) is 5.09. The van der Waals surface area contributed by atoms with E-state index in [-0.39, 0.29) is 22.8 Å². The molecule has 1 aromatic carbocycles. The Morgan fingerprint density at radius 3 is 2.67 bits per heavy atom. The SMILES string of the molecule is Cc1c(CNC(C)(C)CCO)cccc1[N+](=O)[O-]. The highest BCUT2D eigenvalue weighted by Gasteiger charge is 2.18. The van der Waals surface area contributed by atoms with E-state index in [1.807, 2.05) is 19.9 Å². The van der Waals surface area contributed by atoms with Crippen LogP contribution in [-0.4, -0.2) is 22.2 Å². The highest BCUT2D eigenvalue weighted by Crippen LogP contribution is 2.21. The molecule has 0 aromatic heterocycles. The van der Waals surface area contributed by atoms with E-state index >= 15 is 0 Å². The van der Waals surface area contributed by atoms with Crippen molar-refractivity contribution >= 4 is 5.69 Å². The van der Waals surface area contributed by atoms with E-state index in [1.165, 1.54) is 6.07 Å². The zero-order valence-corrected chi connectivity index (χ0v) is 11.1. The minimum absolute atomic E-state index is 0.119. The van der Waals surface area contributed by atoms with Gasteiger partial charge in [0.15, 0.2) is 0 Å². The zero-order chi connectivity index (χ0) is 13.8. The molecule has 2 N–H and O–H groups in total. The monoisotopic (exact) mass is 252 g/mol. The molecule has 0 radical (unpaired) electrons. The molecule has 0 fully saturated rings. The van der Waals surface area contributed by atoms with Crippen molar-refractivity contribution in [2.24, 2.45) is 0 Å². The van der Waals surface area contributed by atoms with E-state index < -0.39 is 0 Å². The molecular formula is C13H20N2O3. The summed E-state index contributed by atoms with van der Waals surface area (Å²) in [5.41, 5.74) is 1.56. The third kappa shape index (κ3) is 3.78. The Kier molecular flexibility index (Phi) is 4.81. The van der Waals surface area contributed by atoms with Gasteiger partial charge in [-0.25, -0.2) is 0 Å². The quantitative estimate of drug-likeness (QED) is 0.601. The number of nitrogens with one attached hydrogen (secondary N) is 1. The Balaban J connectivity index is 2.80. The first-order valence-corrected chi connectivity index (χ1v) is 5.96. The molecule has 100 valence electrons. The second kappa shape index (κ2) is 5.93. The fourth-order valence-corrected chi connectivity index (χ4v) is 1.76. The van der Waals surface area contributed by atoms with Crippen molar-refractivity contribution in [3.05, 3.63) is 39.4 Å². The lowest BCUT2D eigenvalue weighted by atomic mass is 9.99. The van der Waals surface area contributed by atoms with Crippen LogP contribution in [0.4, 0.5) is 5.69 Å². The molecule has 0 heterocycles. The van der Waals surface area contributed by atoms with Gasteiger partial charge in [-0.2, -0.15) is 0 Å². The standard InChI is InChI=1S/C13H20N2O3/c1-10-11(5-4-6-12(10)15(17)18)9-14-13(2,3)7-8-16/h4-6,14,16H,7-9H2,1-3H3. The maximum atomic E-state index is 10.8. The molecular weight excluding hydrogens is 232 g/mol. The predicted molar refractivity (Wildman–Crippen MR) is 70.5 cm³/mol. The number of aliphatic hydroxyl groups is 1. The summed E-state index contributed by atoms with van der Waals surface area (Å²) in [5.74, 6) is 0. The number of aliphatic hydroxyl groups excluding tert-OH is 1. The van der Waals surface area contributed by atoms with E-state index in [9.17, 15) is 10.1 Å². The number of hydrogen-bond acceptors (Lipinski definition) is 4. The third-order valence-corrected chi connectivity index (χ3v) is 3.11. The largest absolute Gasteiger partial charge is 0.396 e. The maximum Gasteiger partial charge on any atom is 0.272 e. The van der Waals surface area contributed by atoms with Gasteiger partial charge in [0.25, 0.3) is 5.69 Å². The van der Waals surface area contributed by atoms with Gasteiger partial charge in [-0.1, -0.05) is 12.1 Å². The van der Waals surface area contributed by atoms with Crippen molar-refractivity contribution in [1.29, 1.82) is 0 Å². The lowest BCUT2D eigenvalue weighted by Crippen LogP contribution is -2.39. The second-order valence-electron chi connectivity index (χ2n) is 5.03. The number of rotatable bonds is 6. The van der Waals surface area contributed by atoms with Crippen LogP contribution in [0, 0.1) is 17.0 Å². The first-order valence-electron chi connectivity index (χ1n) is 5.96. The number of hydrogen-bond donors (Lipinski definition) is 2. The zero-order valence-electron chi connectivity index (χ0n) is 11.1. The normalized spacial score (nSPS) is 11.6. The van der Waals surface area contributed by atoms with Crippen LogP contribution in [0.3, 0.4) is 0 Å². The van der Waals surface area contributed by atoms with Crippen molar-refractivity contribution in [3.63, 3.8) is 0 Å². The van der Waals surface area contributed by atoms with E-state index in [0.717, 1.165) is 5.56 Å². The molecule has 0 aliphatic rings. The summed E-state index contributed by atoms with van der Waals surface area (Å²) < 4.78 is 0. The van der Waals surface area contributed by atoms with Gasteiger partial charge in [0.2, 0.25) is 0 Å². The Hall–Kier alpha value is -1.46. The van der Waals surface area contributed by atoms with Crippen LogP contribution in [0.5, 0.6) is 0 Å². The van der Waals surface area contributed by atoms with Crippen LogP contribution in [0.25, 0.3) is 0 Å². The number of nitro benzene ring substituents is 1. The summed E-state index contributed by atoms with van der Waals surface area (Å²) in [7, 11) is 0. The van der Waals surface area contributed by atoms with Crippen molar-refractivity contribution in [2.45, 2.75) is 39.3 Å². The summed E-state index contributed by atoms with van der Waals surface area (Å²) in [4.78, 5) is 10.5. The van der Waals surface area contributed by atoms with Crippen LogP contribution in [-0.2, 0) is 6.54 Å². The van der Waals surface area contributed by atoms with Crippen molar-refractivity contribution in [3.8, 4) is 0 Å². The average molecular weight is 252 g/mol. The van der Waals surface area contributed by atoms with Gasteiger partial charge in [-0.15, -0.1) is 0 Å². The van der Waals surface area contributed by atoms with Gasteiger partial charge in [-0.05, 0) is 32.8 Å². The number of nitrogens with zero attached hydrogens (tertiary/aromatic N) is 1. The van der Waals surface area contributed by atoms with Gasteiger partial charge in [0.05, 0.1) is 4.92 Å². The number of nitro groups is 1. The molecule has 1 aromatic rings. The topological polar surface area (TPSA) is 75.4 Å². The smallest absolute Gasteiger partial charge is 0.272 e. The summed E-state index contributed by atoms with van der Waals surface area (Å²) in [6.45, 7) is 6.43. The minimum Gasteiger partial charge on any atom is -0.396 e. The third-order valence-electron chi connectivity index (χ3n) is 3.11. The molecule has 5 nitrogen and oxygen atoms in total. The first kappa shape index (κ1) is 14.6. The molecule has 0 amide bonds. The molecule has 18 heavy (non-hydrogen) atoms. The van der Waals surface area contributed by atoms with E-state index in [0.29, 0.717) is 18.5 Å². The lowest BCUT2D eigenvalue weighted by molar-refractivity contribution is -0.385.